The van der Waals surface area contributed by atoms with Crippen LogP contribution in [0.3, 0.4) is 0 Å². The van der Waals surface area contributed by atoms with Crippen molar-refractivity contribution in [2.75, 3.05) is 26.9 Å². The van der Waals surface area contributed by atoms with Gasteiger partial charge in [-0.05, 0) is 37.5 Å². The predicted molar refractivity (Wildman–Crippen MR) is 115 cm³/mol. The molecule has 0 bridgehead atoms. The minimum atomic E-state index is 0.454. The van der Waals surface area contributed by atoms with Crippen LogP contribution >= 0.6 is 0 Å². The Morgan fingerprint density at radius 3 is 2.52 bits per heavy atom. The first-order valence-electron chi connectivity index (χ1n) is 10.4. The summed E-state index contributed by atoms with van der Waals surface area (Å²) in [6.45, 7) is 9.42. The van der Waals surface area contributed by atoms with Crippen molar-refractivity contribution in [2.24, 2.45) is 4.99 Å². The third-order valence-electron chi connectivity index (χ3n) is 4.65. The molecule has 0 aliphatic rings. The van der Waals surface area contributed by atoms with Gasteiger partial charge in [0.2, 0.25) is 0 Å². The van der Waals surface area contributed by atoms with Crippen LogP contribution in [0, 0.1) is 0 Å². The average molecular weight is 403 g/mol. The molecule has 7 nitrogen and oxygen atoms in total. The lowest BCUT2D eigenvalue weighted by atomic mass is 9.99. The van der Waals surface area contributed by atoms with Gasteiger partial charge in [0.15, 0.2) is 11.7 Å². The summed E-state index contributed by atoms with van der Waals surface area (Å²) in [5, 5.41) is 10.8. The molecule has 0 unspecified atom stereocenters. The summed E-state index contributed by atoms with van der Waals surface area (Å²) in [6, 6.07) is 9.99. The van der Waals surface area contributed by atoms with E-state index in [9.17, 15) is 0 Å². The van der Waals surface area contributed by atoms with Crippen LogP contribution in [-0.4, -0.2) is 38.0 Å². The van der Waals surface area contributed by atoms with Crippen molar-refractivity contribution in [1.82, 2.24) is 15.8 Å². The first kappa shape index (κ1) is 22.7. The molecule has 0 spiro atoms. The molecule has 1 aromatic carbocycles. The van der Waals surface area contributed by atoms with E-state index in [-0.39, 0.29) is 0 Å². The Morgan fingerprint density at radius 2 is 1.86 bits per heavy atom. The fourth-order valence-electron chi connectivity index (χ4n) is 2.93. The molecule has 2 aromatic rings. The summed E-state index contributed by atoms with van der Waals surface area (Å²) in [4.78, 5) is 4.65. The first-order valence-corrected chi connectivity index (χ1v) is 10.4. The van der Waals surface area contributed by atoms with Gasteiger partial charge < -0.3 is 24.6 Å². The van der Waals surface area contributed by atoms with Gasteiger partial charge in [0.05, 0.1) is 25.4 Å². The Bertz CT molecular complexity index is 724. The van der Waals surface area contributed by atoms with Gasteiger partial charge in [-0.25, -0.2) is 4.99 Å². The van der Waals surface area contributed by atoms with Gasteiger partial charge in [-0.3, -0.25) is 0 Å². The summed E-state index contributed by atoms with van der Waals surface area (Å²) < 4.78 is 16.0. The van der Waals surface area contributed by atoms with Gasteiger partial charge >= 0.3 is 0 Å². The van der Waals surface area contributed by atoms with E-state index in [0.717, 1.165) is 48.1 Å². The summed E-state index contributed by atoms with van der Waals surface area (Å²) in [5.41, 5.74) is 2.14. The smallest absolute Gasteiger partial charge is 0.191 e. The molecule has 1 heterocycles. The number of hydrogen-bond acceptors (Lipinski definition) is 5. The molecular formula is C22H34N4O3. The Labute approximate surface area is 173 Å². The normalized spacial score (nSPS) is 11.7. The molecule has 0 saturated carbocycles. The number of aromatic nitrogens is 1. The third kappa shape index (κ3) is 7.77. The number of methoxy groups -OCH3 is 1. The molecule has 1 aromatic heterocycles. The Balaban J connectivity index is 1.89. The Morgan fingerprint density at radius 1 is 1.10 bits per heavy atom. The molecule has 0 aliphatic heterocycles. The first-order chi connectivity index (χ1) is 14.2. The van der Waals surface area contributed by atoms with Gasteiger partial charge in [-0.2, -0.15) is 0 Å². The van der Waals surface area contributed by atoms with E-state index < -0.39 is 0 Å². The fraction of sp³-hybridized carbons (Fsp3) is 0.545. The van der Waals surface area contributed by atoms with Gasteiger partial charge in [-0.1, -0.05) is 31.1 Å². The molecule has 0 aliphatic carbocycles. The summed E-state index contributed by atoms with van der Waals surface area (Å²) in [7, 11) is 1.66. The highest BCUT2D eigenvalue weighted by atomic mass is 16.5. The maximum absolute atomic E-state index is 5.59. The van der Waals surface area contributed by atoms with Crippen molar-refractivity contribution >= 4 is 5.96 Å². The van der Waals surface area contributed by atoms with Gasteiger partial charge in [0, 0.05) is 25.6 Å². The number of guanidine groups is 1. The average Bonchev–Trinajstić information content (AvgIpc) is 3.21. The standard InChI is InChI=1S/C22H34N4O3/c1-5-18(6-2)21-14-20(29-26-21)16-25-22(23-7-3)24-15-17-8-10-19(11-9-17)28-13-12-27-4/h8-11,14,18H,5-7,12-13,15-16H2,1-4H3,(H2,23,24,25). The summed E-state index contributed by atoms with van der Waals surface area (Å²) in [5.74, 6) is 2.85. The lowest BCUT2D eigenvalue weighted by molar-refractivity contribution is 0.146. The van der Waals surface area contributed by atoms with Crippen molar-refractivity contribution in [1.29, 1.82) is 0 Å². The highest BCUT2D eigenvalue weighted by molar-refractivity contribution is 5.79. The Kier molecular flexibility index (Phi) is 10.1. The highest BCUT2D eigenvalue weighted by Crippen LogP contribution is 2.22. The third-order valence-corrected chi connectivity index (χ3v) is 4.65. The topological polar surface area (TPSA) is 80.9 Å². The number of hydrogen-bond donors (Lipinski definition) is 2. The Hall–Kier alpha value is -2.54. The van der Waals surface area contributed by atoms with Crippen LogP contribution in [0.15, 0.2) is 39.8 Å². The lowest BCUT2D eigenvalue weighted by Crippen LogP contribution is -2.36. The van der Waals surface area contributed by atoms with E-state index in [0.29, 0.717) is 32.2 Å². The maximum atomic E-state index is 5.59. The van der Waals surface area contributed by atoms with Crippen LogP contribution in [0.5, 0.6) is 5.75 Å². The number of aliphatic imine (C=N–C) groups is 1. The van der Waals surface area contributed by atoms with Crippen LogP contribution in [0.2, 0.25) is 0 Å². The minimum absolute atomic E-state index is 0.454. The molecule has 0 amide bonds. The SMILES string of the molecule is CCNC(=NCc1ccc(OCCOC)cc1)NCc1cc(C(CC)CC)no1. The molecule has 29 heavy (non-hydrogen) atoms. The van der Waals surface area contributed by atoms with Crippen LogP contribution in [0.4, 0.5) is 0 Å². The van der Waals surface area contributed by atoms with Crippen LogP contribution in [-0.2, 0) is 17.8 Å². The summed E-state index contributed by atoms with van der Waals surface area (Å²) in [6.07, 6.45) is 2.13. The summed E-state index contributed by atoms with van der Waals surface area (Å²) >= 11 is 0. The second-order valence-electron chi connectivity index (χ2n) is 6.77. The van der Waals surface area contributed by atoms with E-state index >= 15 is 0 Å². The second-order valence-corrected chi connectivity index (χ2v) is 6.77. The molecule has 2 rings (SSSR count). The number of rotatable bonds is 12. The fourth-order valence-corrected chi connectivity index (χ4v) is 2.93. The van der Waals surface area contributed by atoms with Crippen molar-refractivity contribution in [3.05, 3.63) is 47.3 Å². The van der Waals surface area contributed by atoms with Crippen molar-refractivity contribution in [3.8, 4) is 5.75 Å². The zero-order valence-electron chi connectivity index (χ0n) is 18.0. The molecule has 0 saturated heterocycles. The zero-order chi connectivity index (χ0) is 20.9. The van der Waals surface area contributed by atoms with Gasteiger partial charge in [0.1, 0.15) is 12.4 Å². The minimum Gasteiger partial charge on any atom is -0.491 e. The highest BCUT2D eigenvalue weighted by Gasteiger charge is 2.13. The van der Waals surface area contributed by atoms with E-state index in [1.165, 1.54) is 0 Å². The van der Waals surface area contributed by atoms with Crippen molar-refractivity contribution in [2.45, 2.75) is 52.6 Å². The van der Waals surface area contributed by atoms with Crippen molar-refractivity contribution in [3.63, 3.8) is 0 Å². The van der Waals surface area contributed by atoms with E-state index in [1.54, 1.807) is 7.11 Å². The molecule has 7 heteroatoms. The lowest BCUT2D eigenvalue weighted by Gasteiger charge is -2.10. The molecular weight excluding hydrogens is 368 g/mol. The maximum Gasteiger partial charge on any atom is 0.191 e. The van der Waals surface area contributed by atoms with Gasteiger partial charge in [-0.15, -0.1) is 0 Å². The molecule has 160 valence electrons. The van der Waals surface area contributed by atoms with Gasteiger partial charge in [0.25, 0.3) is 0 Å². The number of nitrogens with zero attached hydrogens (tertiary/aromatic N) is 2. The second kappa shape index (κ2) is 12.8. The van der Waals surface area contributed by atoms with Crippen molar-refractivity contribution < 1.29 is 14.0 Å². The van der Waals surface area contributed by atoms with E-state index in [1.807, 2.05) is 37.3 Å². The number of ether oxygens (including phenoxy) is 2. The molecule has 2 N–H and O–H groups in total. The van der Waals surface area contributed by atoms with Crippen LogP contribution in [0.1, 0.15) is 56.5 Å². The predicted octanol–water partition coefficient (Wildman–Crippen LogP) is 3.86. The van der Waals surface area contributed by atoms with E-state index in [2.05, 4.69) is 34.6 Å². The monoisotopic (exact) mass is 402 g/mol. The molecule has 0 atom stereocenters. The van der Waals surface area contributed by atoms with E-state index in [4.69, 9.17) is 14.0 Å². The number of nitrogens with one attached hydrogen (secondary N) is 2. The van der Waals surface area contributed by atoms with Crippen LogP contribution < -0.4 is 15.4 Å². The molecule has 0 radical (unpaired) electrons. The molecule has 0 fully saturated rings. The zero-order valence-corrected chi connectivity index (χ0v) is 18.0. The largest absolute Gasteiger partial charge is 0.491 e. The quantitative estimate of drug-likeness (QED) is 0.319. The number of benzene rings is 1. The van der Waals surface area contributed by atoms with Crippen LogP contribution in [0.25, 0.3) is 0 Å².